The molecule has 0 spiro atoms. The fourth-order valence-corrected chi connectivity index (χ4v) is 4.37. The van der Waals surface area contributed by atoms with Crippen molar-refractivity contribution >= 4 is 11.7 Å². The highest BCUT2D eigenvalue weighted by Crippen LogP contribution is 2.27. The van der Waals surface area contributed by atoms with Crippen molar-refractivity contribution in [3.05, 3.63) is 24.2 Å². The number of aromatic nitrogens is 3. The normalized spacial score (nSPS) is 18.2. The van der Waals surface area contributed by atoms with Gasteiger partial charge in [0.25, 0.3) is 0 Å². The number of anilines is 1. The van der Waals surface area contributed by atoms with Crippen molar-refractivity contribution in [2.24, 2.45) is 5.92 Å². The molecule has 7 heteroatoms. The van der Waals surface area contributed by atoms with E-state index in [-0.39, 0.29) is 0 Å². The number of nitrogens with zero attached hydrogens (tertiary/aromatic N) is 5. The van der Waals surface area contributed by atoms with E-state index in [1.807, 2.05) is 24.0 Å². The summed E-state index contributed by atoms with van der Waals surface area (Å²) in [7, 11) is 0. The lowest BCUT2D eigenvalue weighted by atomic mass is 9.86. The summed E-state index contributed by atoms with van der Waals surface area (Å²) in [6, 6.07) is 3.98. The maximum Gasteiger partial charge on any atom is 0.226 e. The minimum Gasteiger partial charge on any atom is -0.353 e. The molecule has 2 fully saturated rings. The molecule has 0 aromatic carbocycles. The highest BCUT2D eigenvalue weighted by atomic mass is 16.5. The van der Waals surface area contributed by atoms with Gasteiger partial charge in [0.15, 0.2) is 0 Å². The summed E-state index contributed by atoms with van der Waals surface area (Å²) in [4.78, 5) is 25.8. The Hall–Kier alpha value is -2.44. The van der Waals surface area contributed by atoms with Crippen LogP contribution in [0.25, 0.3) is 11.4 Å². The molecule has 7 nitrogen and oxygen atoms in total. The predicted molar refractivity (Wildman–Crippen MR) is 112 cm³/mol. The van der Waals surface area contributed by atoms with Crippen molar-refractivity contribution in [2.45, 2.75) is 58.3 Å². The standard InChI is InChI=1S/C22H31N5O2/c1-2-20-24-22(25-29-20)18-9-10-19(23-16-18)26-12-14-27(15-13-26)21(28)11-8-17-6-4-3-5-7-17/h9-10,16-17H,2-8,11-15H2,1H3. The van der Waals surface area contributed by atoms with Gasteiger partial charge in [-0.2, -0.15) is 4.98 Å². The van der Waals surface area contributed by atoms with Crippen LogP contribution in [0, 0.1) is 5.92 Å². The first-order valence-corrected chi connectivity index (χ1v) is 11.0. The van der Waals surface area contributed by atoms with Gasteiger partial charge in [0.05, 0.1) is 0 Å². The monoisotopic (exact) mass is 397 g/mol. The molecule has 1 aliphatic heterocycles. The van der Waals surface area contributed by atoms with E-state index >= 15 is 0 Å². The second kappa shape index (κ2) is 9.37. The molecule has 0 radical (unpaired) electrons. The van der Waals surface area contributed by atoms with Gasteiger partial charge < -0.3 is 14.3 Å². The molecule has 1 saturated heterocycles. The zero-order chi connectivity index (χ0) is 20.1. The van der Waals surface area contributed by atoms with E-state index in [9.17, 15) is 4.79 Å². The van der Waals surface area contributed by atoms with Gasteiger partial charge in [0.1, 0.15) is 5.82 Å². The summed E-state index contributed by atoms with van der Waals surface area (Å²) in [5, 5.41) is 4.00. The SMILES string of the molecule is CCc1nc(-c2ccc(N3CCN(C(=O)CCC4CCCCC4)CC3)nc2)no1. The number of carbonyl (C=O) groups is 1. The largest absolute Gasteiger partial charge is 0.353 e. The van der Waals surface area contributed by atoms with Gasteiger partial charge in [-0.3, -0.25) is 4.79 Å². The molecule has 0 atom stereocenters. The molecule has 156 valence electrons. The van der Waals surface area contributed by atoms with Crippen LogP contribution in [0.1, 0.15) is 57.8 Å². The number of carbonyl (C=O) groups excluding carboxylic acids is 1. The molecule has 2 aromatic rings. The third-order valence-electron chi connectivity index (χ3n) is 6.22. The quantitative estimate of drug-likeness (QED) is 0.740. The lowest BCUT2D eigenvalue weighted by molar-refractivity contribution is -0.131. The Bertz CT molecular complexity index is 790. The number of rotatable bonds is 6. The fourth-order valence-electron chi connectivity index (χ4n) is 4.37. The third-order valence-corrected chi connectivity index (χ3v) is 6.22. The van der Waals surface area contributed by atoms with Crippen molar-refractivity contribution in [3.63, 3.8) is 0 Å². The van der Waals surface area contributed by atoms with Crippen molar-refractivity contribution in [1.29, 1.82) is 0 Å². The fraction of sp³-hybridized carbons (Fsp3) is 0.636. The Kier molecular flexibility index (Phi) is 6.42. The Morgan fingerprint density at radius 3 is 2.59 bits per heavy atom. The average Bonchev–Trinajstić information content (AvgIpc) is 3.28. The number of hydrogen-bond acceptors (Lipinski definition) is 6. The molecular weight excluding hydrogens is 366 g/mol. The first-order chi connectivity index (χ1) is 14.2. The van der Waals surface area contributed by atoms with Gasteiger partial charge in [-0.1, -0.05) is 44.2 Å². The van der Waals surface area contributed by atoms with Crippen LogP contribution in [0.3, 0.4) is 0 Å². The van der Waals surface area contributed by atoms with E-state index in [1.165, 1.54) is 32.1 Å². The van der Waals surface area contributed by atoms with Gasteiger partial charge in [0.2, 0.25) is 17.6 Å². The van der Waals surface area contributed by atoms with Crippen LogP contribution in [0.4, 0.5) is 5.82 Å². The highest BCUT2D eigenvalue weighted by Gasteiger charge is 2.23. The molecule has 0 N–H and O–H groups in total. The topological polar surface area (TPSA) is 75.4 Å². The molecule has 29 heavy (non-hydrogen) atoms. The highest BCUT2D eigenvalue weighted by molar-refractivity contribution is 5.76. The predicted octanol–water partition coefficient (Wildman–Crippen LogP) is 3.70. The second-order valence-electron chi connectivity index (χ2n) is 8.18. The first-order valence-electron chi connectivity index (χ1n) is 11.0. The number of aryl methyl sites for hydroxylation is 1. The van der Waals surface area contributed by atoms with E-state index in [0.717, 1.165) is 56.3 Å². The summed E-state index contributed by atoms with van der Waals surface area (Å²) < 4.78 is 5.17. The lowest BCUT2D eigenvalue weighted by Gasteiger charge is -2.35. The second-order valence-corrected chi connectivity index (χ2v) is 8.18. The maximum absolute atomic E-state index is 12.6. The van der Waals surface area contributed by atoms with E-state index in [0.29, 0.717) is 24.0 Å². The molecular formula is C22H31N5O2. The molecule has 1 aliphatic carbocycles. The van der Waals surface area contributed by atoms with Crippen LogP contribution in [-0.2, 0) is 11.2 Å². The Morgan fingerprint density at radius 1 is 1.14 bits per heavy atom. The zero-order valence-electron chi connectivity index (χ0n) is 17.3. The van der Waals surface area contributed by atoms with E-state index < -0.39 is 0 Å². The van der Waals surface area contributed by atoms with Crippen LogP contribution in [0.5, 0.6) is 0 Å². The maximum atomic E-state index is 12.6. The summed E-state index contributed by atoms with van der Waals surface area (Å²) >= 11 is 0. The third kappa shape index (κ3) is 4.95. The Balaban J connectivity index is 1.26. The van der Waals surface area contributed by atoms with E-state index in [4.69, 9.17) is 4.52 Å². The minimum atomic E-state index is 0.322. The summed E-state index contributed by atoms with van der Waals surface area (Å²) in [5.74, 6) is 3.23. The van der Waals surface area contributed by atoms with Crippen molar-refractivity contribution in [3.8, 4) is 11.4 Å². The van der Waals surface area contributed by atoms with Gasteiger partial charge in [-0.15, -0.1) is 0 Å². The molecule has 1 amide bonds. The van der Waals surface area contributed by atoms with Crippen LogP contribution in [0.2, 0.25) is 0 Å². The van der Waals surface area contributed by atoms with Gasteiger partial charge in [-0.05, 0) is 24.5 Å². The minimum absolute atomic E-state index is 0.322. The molecule has 0 unspecified atom stereocenters. The van der Waals surface area contributed by atoms with Crippen molar-refractivity contribution in [1.82, 2.24) is 20.0 Å². The zero-order valence-corrected chi connectivity index (χ0v) is 17.3. The van der Waals surface area contributed by atoms with Crippen molar-refractivity contribution in [2.75, 3.05) is 31.1 Å². The molecule has 0 bridgehead atoms. The molecule has 3 heterocycles. The first kappa shape index (κ1) is 19.9. The molecule has 4 rings (SSSR count). The summed E-state index contributed by atoms with van der Waals surface area (Å²) in [6.07, 6.45) is 11.0. The number of hydrogen-bond donors (Lipinski definition) is 0. The van der Waals surface area contributed by atoms with Crippen LogP contribution in [0.15, 0.2) is 22.9 Å². The van der Waals surface area contributed by atoms with Gasteiger partial charge >= 0.3 is 0 Å². The van der Waals surface area contributed by atoms with Crippen LogP contribution in [-0.4, -0.2) is 52.1 Å². The van der Waals surface area contributed by atoms with E-state index in [2.05, 4.69) is 20.0 Å². The molecule has 2 aliphatic rings. The Morgan fingerprint density at radius 2 is 1.93 bits per heavy atom. The summed E-state index contributed by atoms with van der Waals surface area (Å²) in [5.41, 5.74) is 0.855. The number of amides is 1. The van der Waals surface area contributed by atoms with Gasteiger partial charge in [0, 0.05) is 50.8 Å². The smallest absolute Gasteiger partial charge is 0.226 e. The number of pyridine rings is 1. The molecule has 1 saturated carbocycles. The average molecular weight is 398 g/mol. The summed E-state index contributed by atoms with van der Waals surface area (Å²) in [6.45, 7) is 5.18. The van der Waals surface area contributed by atoms with Crippen molar-refractivity contribution < 1.29 is 9.32 Å². The molecule has 2 aromatic heterocycles. The van der Waals surface area contributed by atoms with Gasteiger partial charge in [-0.25, -0.2) is 4.98 Å². The van der Waals surface area contributed by atoms with Crippen LogP contribution >= 0.6 is 0 Å². The lowest BCUT2D eigenvalue weighted by Crippen LogP contribution is -2.49. The Labute approximate surface area is 172 Å². The number of piperazine rings is 1. The van der Waals surface area contributed by atoms with E-state index in [1.54, 1.807) is 6.20 Å². The van der Waals surface area contributed by atoms with Crippen LogP contribution < -0.4 is 4.90 Å².